The predicted molar refractivity (Wildman–Crippen MR) is 133 cm³/mol. The Balaban J connectivity index is 0. The van der Waals surface area contributed by atoms with E-state index in [-0.39, 0.29) is 11.9 Å². The Hall–Kier alpha value is -0.866. The summed E-state index contributed by atoms with van der Waals surface area (Å²) in [6.45, 7) is 10.2. The molecule has 0 aromatic carbocycles. The van der Waals surface area contributed by atoms with Crippen LogP contribution in [0.3, 0.4) is 0 Å². The lowest BCUT2D eigenvalue weighted by molar-refractivity contribution is -0.146. The molecule has 0 aromatic rings. The highest BCUT2D eigenvalue weighted by Crippen LogP contribution is 2.26. The van der Waals surface area contributed by atoms with Crippen molar-refractivity contribution in [2.75, 3.05) is 55.9 Å². The van der Waals surface area contributed by atoms with Crippen molar-refractivity contribution in [2.24, 2.45) is 5.92 Å². The van der Waals surface area contributed by atoms with Gasteiger partial charge in [0, 0.05) is 42.7 Å². The first-order valence-corrected chi connectivity index (χ1v) is 15.3. The molecule has 0 heterocycles. The number of unbranched alkanes of at least 4 members (excludes halogenated alkanes) is 1. The van der Waals surface area contributed by atoms with Crippen molar-refractivity contribution in [3.63, 3.8) is 0 Å². The Morgan fingerprint density at radius 1 is 0.676 bits per heavy atom. The van der Waals surface area contributed by atoms with E-state index >= 15 is 0 Å². The van der Waals surface area contributed by atoms with Crippen molar-refractivity contribution in [3.8, 4) is 0 Å². The van der Waals surface area contributed by atoms with Crippen LogP contribution in [0.2, 0.25) is 11.1 Å². The maximum absolute atomic E-state index is 12.1. The summed E-state index contributed by atoms with van der Waals surface area (Å²) in [7, 11) is 3.04. The summed E-state index contributed by atoms with van der Waals surface area (Å²) in [6.07, 6.45) is 4.44. The summed E-state index contributed by atoms with van der Waals surface area (Å²) in [5, 5.41) is 0. The van der Waals surface area contributed by atoms with Gasteiger partial charge < -0.3 is 36.0 Å². The van der Waals surface area contributed by atoms with E-state index in [9.17, 15) is 9.59 Å². The lowest BCUT2D eigenvalue weighted by atomic mass is 10.0. The monoisotopic (exact) mass is 528 g/mol. The van der Waals surface area contributed by atoms with Gasteiger partial charge >= 0.3 is 29.5 Å². The largest absolute Gasteiger partial charge is 0.514 e. The van der Waals surface area contributed by atoms with Crippen LogP contribution in [0.4, 0.5) is 0 Å². The van der Waals surface area contributed by atoms with Crippen LogP contribution in [0.25, 0.3) is 0 Å². The Morgan fingerprint density at radius 3 is 1.35 bits per heavy atom. The third-order valence-electron chi connectivity index (χ3n) is 5.77. The van der Waals surface area contributed by atoms with Crippen LogP contribution in [0.5, 0.6) is 0 Å². The average Bonchev–Trinajstić information content (AvgIpc) is 2.87. The fourth-order valence-corrected chi connectivity index (χ4v) is 7.21. The second-order valence-corrected chi connectivity index (χ2v) is 14.3. The van der Waals surface area contributed by atoms with E-state index in [1.54, 1.807) is 20.8 Å². The summed E-state index contributed by atoms with van der Waals surface area (Å²) in [4.78, 5) is 23.6. The number of hydrogen-bond donors (Lipinski definition) is 0. The van der Waals surface area contributed by atoms with Gasteiger partial charge in [-0.15, -0.1) is 0 Å². The SMILES string of the molecule is CCCCC(CC)COC(=O)C(C)[Si](OC)(OC)OC.CCOC(=O)C(C)[Si](OC)(OC)OC. The Bertz CT molecular complexity index is 525. The first-order valence-electron chi connectivity index (χ1n) is 11.7. The molecule has 0 aromatic heterocycles. The first-order chi connectivity index (χ1) is 16.1. The molecule has 0 fully saturated rings. The highest BCUT2D eigenvalue weighted by molar-refractivity contribution is 6.66. The van der Waals surface area contributed by atoms with Gasteiger partial charge in [-0.25, -0.2) is 0 Å². The zero-order valence-electron chi connectivity index (χ0n) is 23.1. The van der Waals surface area contributed by atoms with Gasteiger partial charge in [-0.3, -0.25) is 9.59 Å². The van der Waals surface area contributed by atoms with Gasteiger partial charge in [0.05, 0.1) is 13.2 Å². The maximum Gasteiger partial charge on any atom is 0.514 e. The highest BCUT2D eigenvalue weighted by atomic mass is 28.4. The quantitative estimate of drug-likeness (QED) is 0.204. The molecule has 0 saturated heterocycles. The molecule has 0 aliphatic heterocycles. The third kappa shape index (κ3) is 10.8. The topological polar surface area (TPSA) is 108 Å². The number of esters is 2. The smallest absolute Gasteiger partial charge is 0.466 e. The van der Waals surface area contributed by atoms with Gasteiger partial charge in [-0.05, 0) is 33.1 Å². The number of carbonyl (C=O) groups is 2. The predicted octanol–water partition coefficient (Wildman–Crippen LogP) is 3.83. The first kappa shape index (κ1) is 35.3. The van der Waals surface area contributed by atoms with Crippen LogP contribution in [-0.2, 0) is 45.6 Å². The van der Waals surface area contributed by atoms with Gasteiger partial charge in [0.1, 0.15) is 11.1 Å². The zero-order valence-corrected chi connectivity index (χ0v) is 25.1. The maximum atomic E-state index is 12.1. The lowest BCUT2D eigenvalue weighted by Crippen LogP contribution is -2.49. The summed E-state index contributed by atoms with van der Waals surface area (Å²) in [6, 6.07) is 0. The highest BCUT2D eigenvalue weighted by Gasteiger charge is 2.50. The van der Waals surface area contributed by atoms with Crippen molar-refractivity contribution < 1.29 is 45.6 Å². The van der Waals surface area contributed by atoms with E-state index in [1.165, 1.54) is 49.1 Å². The Labute approximate surface area is 208 Å². The van der Waals surface area contributed by atoms with E-state index in [4.69, 9.17) is 36.0 Å². The second kappa shape index (κ2) is 19.3. The van der Waals surface area contributed by atoms with E-state index in [2.05, 4.69) is 13.8 Å². The molecular formula is C22H48O10Si2. The molecule has 3 unspecified atom stereocenters. The standard InChI is InChI=1S/C14H30O5Si.C8H18O5Si/c1-7-9-10-13(8-2)11-19-14(15)12(3)20(16-4,17-5)18-6;1-6-13-8(9)7(2)14(10-3,11-4)12-5/h12-13H,7-11H2,1-6H3;7H,6H2,1-5H3. The minimum absolute atomic E-state index is 0.308. The Kier molecular flexibility index (Phi) is 20.1. The minimum Gasteiger partial charge on any atom is -0.466 e. The molecule has 0 spiro atoms. The fourth-order valence-electron chi connectivity index (χ4n) is 3.34. The Morgan fingerprint density at radius 2 is 1.06 bits per heavy atom. The van der Waals surface area contributed by atoms with E-state index in [1.807, 2.05) is 0 Å². The summed E-state index contributed by atoms with van der Waals surface area (Å²) < 4.78 is 41.7. The van der Waals surface area contributed by atoms with Crippen LogP contribution >= 0.6 is 0 Å². The van der Waals surface area contributed by atoms with Crippen molar-refractivity contribution in [2.45, 2.75) is 71.4 Å². The number of carbonyl (C=O) groups excluding carboxylic acids is 2. The minimum atomic E-state index is -2.97. The van der Waals surface area contributed by atoms with Crippen molar-refractivity contribution in [1.29, 1.82) is 0 Å². The van der Waals surface area contributed by atoms with Crippen LogP contribution in [0.1, 0.15) is 60.3 Å². The molecule has 3 atom stereocenters. The molecule has 0 rings (SSSR count). The molecule has 0 bridgehead atoms. The van der Waals surface area contributed by atoms with Crippen molar-refractivity contribution in [1.82, 2.24) is 0 Å². The molecule has 0 amide bonds. The van der Waals surface area contributed by atoms with Gasteiger partial charge in [-0.1, -0.05) is 33.1 Å². The number of rotatable bonds is 17. The van der Waals surface area contributed by atoms with Gasteiger partial charge in [0.25, 0.3) is 0 Å². The van der Waals surface area contributed by atoms with E-state index in [0.29, 0.717) is 19.1 Å². The number of ether oxygens (including phenoxy) is 2. The molecule has 12 heteroatoms. The van der Waals surface area contributed by atoms with E-state index in [0.717, 1.165) is 19.3 Å². The van der Waals surface area contributed by atoms with Crippen LogP contribution in [-0.4, -0.2) is 85.4 Å². The fraction of sp³-hybridized carbons (Fsp3) is 0.909. The zero-order chi connectivity index (χ0) is 26.8. The van der Waals surface area contributed by atoms with Gasteiger partial charge in [-0.2, -0.15) is 0 Å². The molecule has 10 nitrogen and oxygen atoms in total. The molecule has 34 heavy (non-hydrogen) atoms. The van der Waals surface area contributed by atoms with Crippen LogP contribution < -0.4 is 0 Å². The van der Waals surface area contributed by atoms with Crippen LogP contribution in [0, 0.1) is 5.92 Å². The molecule has 0 saturated carbocycles. The van der Waals surface area contributed by atoms with E-state index < -0.39 is 28.7 Å². The third-order valence-corrected chi connectivity index (χ3v) is 11.8. The lowest BCUT2D eigenvalue weighted by Gasteiger charge is -2.29. The normalized spacial score (nSPS) is 14.4. The van der Waals surface area contributed by atoms with Crippen molar-refractivity contribution >= 4 is 29.5 Å². The molecule has 0 aliphatic rings. The second-order valence-electron chi connectivity index (χ2n) is 7.67. The average molecular weight is 529 g/mol. The summed E-state index contributed by atoms with van der Waals surface area (Å²) in [5.74, 6) is -0.239. The van der Waals surface area contributed by atoms with Gasteiger partial charge in [0.2, 0.25) is 0 Å². The molecule has 0 aliphatic carbocycles. The molecular weight excluding hydrogens is 480 g/mol. The molecule has 0 N–H and O–H groups in total. The number of hydrogen-bond acceptors (Lipinski definition) is 10. The van der Waals surface area contributed by atoms with Crippen LogP contribution in [0.15, 0.2) is 0 Å². The molecule has 204 valence electrons. The van der Waals surface area contributed by atoms with Crippen molar-refractivity contribution in [3.05, 3.63) is 0 Å². The van der Waals surface area contributed by atoms with Gasteiger partial charge in [0.15, 0.2) is 0 Å². The summed E-state index contributed by atoms with van der Waals surface area (Å²) in [5.41, 5.74) is -1.03. The summed E-state index contributed by atoms with van der Waals surface area (Å²) >= 11 is 0. The molecule has 0 radical (unpaired) electrons.